The van der Waals surface area contributed by atoms with Gasteiger partial charge in [0.2, 0.25) is 0 Å². The van der Waals surface area contributed by atoms with Gasteiger partial charge in [0.05, 0.1) is 39.5 Å². The Bertz CT molecular complexity index is 4330. The normalized spacial score (nSPS) is 12.1. The Morgan fingerprint density at radius 2 is 0.676 bits per heavy atom. The van der Waals surface area contributed by atoms with Gasteiger partial charge in [-0.15, -0.1) is 0 Å². The lowest BCUT2D eigenvalue weighted by atomic mass is 9.85. The molecule has 0 atom stereocenters. The van der Waals surface area contributed by atoms with Crippen molar-refractivity contribution >= 4 is 108 Å². The van der Waals surface area contributed by atoms with Crippen molar-refractivity contribution in [2.45, 2.75) is 0 Å². The first-order valence-electron chi connectivity index (χ1n) is 23.4. The summed E-state index contributed by atoms with van der Waals surface area (Å²) < 4.78 is 4.88. The molecule has 3 heterocycles. The van der Waals surface area contributed by atoms with Gasteiger partial charge in [-0.05, 0) is 137 Å². The number of rotatable bonds is 4. The predicted octanol–water partition coefficient (Wildman–Crippen LogP) is 17.5. The highest BCUT2D eigenvalue weighted by atomic mass is 15.0. The molecule has 68 heavy (non-hydrogen) atoms. The quantitative estimate of drug-likeness (QED) is 0.162. The Morgan fingerprint density at radius 1 is 0.250 bits per heavy atom. The fourth-order valence-electron chi connectivity index (χ4n) is 11.5. The lowest BCUT2D eigenvalue weighted by Crippen LogP contribution is -2.00. The van der Waals surface area contributed by atoms with Crippen LogP contribution in [0.1, 0.15) is 0 Å². The van der Waals surface area contributed by atoms with Crippen LogP contribution in [0.25, 0.3) is 142 Å². The molecule has 0 aliphatic heterocycles. The number of benzene rings is 12. The maximum absolute atomic E-state index is 5.57. The van der Waals surface area contributed by atoms with E-state index in [0.29, 0.717) is 0 Å². The Kier molecular flexibility index (Phi) is 7.78. The van der Waals surface area contributed by atoms with E-state index >= 15 is 0 Å². The molecule has 0 saturated carbocycles. The van der Waals surface area contributed by atoms with Gasteiger partial charge in [-0.3, -0.25) is 4.98 Å². The van der Waals surface area contributed by atoms with Crippen LogP contribution in [0.2, 0.25) is 0 Å². The van der Waals surface area contributed by atoms with Crippen molar-refractivity contribution in [2.75, 3.05) is 0 Å². The molecular formula is C65H39N3. The second-order valence-electron chi connectivity index (χ2n) is 18.3. The van der Waals surface area contributed by atoms with Crippen LogP contribution in [0.5, 0.6) is 0 Å². The number of aromatic nitrogens is 3. The van der Waals surface area contributed by atoms with Crippen LogP contribution in [-0.4, -0.2) is 14.1 Å². The van der Waals surface area contributed by atoms with E-state index in [2.05, 4.69) is 246 Å². The van der Waals surface area contributed by atoms with Gasteiger partial charge < -0.3 is 9.13 Å². The average molecular weight is 862 g/mol. The molecule has 0 spiro atoms. The number of fused-ring (bicyclic) bond motifs is 13. The van der Waals surface area contributed by atoms with Crippen molar-refractivity contribution in [3.05, 3.63) is 237 Å². The molecule has 3 heteroatoms. The smallest absolute Gasteiger partial charge is 0.0788 e. The first-order chi connectivity index (χ1) is 33.7. The van der Waals surface area contributed by atoms with Crippen molar-refractivity contribution in [1.82, 2.24) is 14.1 Å². The molecule has 3 nitrogen and oxygen atoms in total. The SMILES string of the molecule is c1ccc2cc(-c3c(-c4ccc5ccccc5c4)c4cc(-n5c6ccccc6c6cc7ccccc7cc65)cnc4c4ccc(-n5c6ccccc6c6cc7ccccc7cc65)cc34)ccc2c1. The summed E-state index contributed by atoms with van der Waals surface area (Å²) in [6.07, 6.45) is 2.09. The molecular weight excluding hydrogens is 823 g/mol. The highest BCUT2D eigenvalue weighted by Crippen LogP contribution is 2.47. The third-order valence-electron chi connectivity index (χ3n) is 14.6. The number of nitrogens with zero attached hydrogens (tertiary/aromatic N) is 3. The zero-order valence-corrected chi connectivity index (χ0v) is 36.9. The summed E-state index contributed by atoms with van der Waals surface area (Å²) in [6, 6.07) is 85.2. The van der Waals surface area contributed by atoms with Crippen LogP contribution >= 0.6 is 0 Å². The average Bonchev–Trinajstić information content (AvgIpc) is 3.90. The largest absolute Gasteiger partial charge is 0.309 e. The second kappa shape index (κ2) is 14.2. The Labute approximate surface area is 391 Å². The van der Waals surface area contributed by atoms with Gasteiger partial charge in [0, 0.05) is 38.0 Å². The van der Waals surface area contributed by atoms with E-state index in [-0.39, 0.29) is 0 Å². The zero-order valence-electron chi connectivity index (χ0n) is 36.9. The Hall–Kier alpha value is -9.05. The molecule has 0 N–H and O–H groups in total. The van der Waals surface area contributed by atoms with E-state index < -0.39 is 0 Å². The molecule has 0 aliphatic rings. The summed E-state index contributed by atoms with van der Waals surface area (Å²) in [4.78, 5) is 5.57. The first-order valence-corrected chi connectivity index (χ1v) is 23.4. The maximum Gasteiger partial charge on any atom is 0.0788 e. The van der Waals surface area contributed by atoms with Gasteiger partial charge >= 0.3 is 0 Å². The van der Waals surface area contributed by atoms with E-state index in [1.165, 1.54) is 86.8 Å². The van der Waals surface area contributed by atoms with Crippen LogP contribution < -0.4 is 0 Å². The van der Waals surface area contributed by atoms with Gasteiger partial charge in [-0.2, -0.15) is 0 Å². The molecule has 0 aliphatic carbocycles. The van der Waals surface area contributed by atoms with Crippen LogP contribution in [-0.2, 0) is 0 Å². The molecule has 12 aromatic carbocycles. The van der Waals surface area contributed by atoms with Gasteiger partial charge in [-0.1, -0.05) is 164 Å². The summed E-state index contributed by atoms with van der Waals surface area (Å²) >= 11 is 0. The highest BCUT2D eigenvalue weighted by Gasteiger charge is 2.23. The number of hydrogen-bond donors (Lipinski definition) is 0. The summed E-state index contributed by atoms with van der Waals surface area (Å²) in [7, 11) is 0. The third-order valence-corrected chi connectivity index (χ3v) is 14.6. The van der Waals surface area contributed by atoms with Crippen molar-refractivity contribution in [3.8, 4) is 33.6 Å². The van der Waals surface area contributed by atoms with Crippen molar-refractivity contribution in [2.24, 2.45) is 0 Å². The third kappa shape index (κ3) is 5.44. The molecule has 0 radical (unpaired) electrons. The number of hydrogen-bond acceptors (Lipinski definition) is 1. The van der Waals surface area contributed by atoms with Crippen molar-refractivity contribution in [1.29, 1.82) is 0 Å². The minimum absolute atomic E-state index is 0.974. The van der Waals surface area contributed by atoms with Gasteiger partial charge in [-0.25, -0.2) is 0 Å². The van der Waals surface area contributed by atoms with E-state index in [1.807, 2.05) is 0 Å². The van der Waals surface area contributed by atoms with E-state index in [9.17, 15) is 0 Å². The summed E-state index contributed by atoms with van der Waals surface area (Å²) in [5, 5.41) is 18.1. The van der Waals surface area contributed by atoms with Crippen LogP contribution in [0.3, 0.4) is 0 Å². The standard InChI is InChI=1S/C65H39N3/c1-3-15-42-31-48(27-25-40(42)13-1)63-57-37-50(67-59-23-11-9-21-52(59)55-33-44-17-5-7-19-46(44)35-61(55)67)29-30-54(57)65-58(64(63)49-28-26-41-14-2-4-16-43(41)32-49)38-51(39-66-65)68-60-24-12-10-22-53(60)56-34-45-18-6-8-20-47(45)36-62(56)68/h1-39H. The molecule has 0 bridgehead atoms. The molecule has 314 valence electrons. The zero-order chi connectivity index (χ0) is 44.5. The van der Waals surface area contributed by atoms with E-state index in [4.69, 9.17) is 4.98 Å². The Morgan fingerprint density at radius 3 is 1.22 bits per heavy atom. The highest BCUT2D eigenvalue weighted by molar-refractivity contribution is 6.23. The van der Waals surface area contributed by atoms with Gasteiger partial charge in [0.15, 0.2) is 0 Å². The summed E-state index contributed by atoms with van der Waals surface area (Å²) in [6.45, 7) is 0. The van der Waals surface area contributed by atoms with Crippen LogP contribution in [0, 0.1) is 0 Å². The molecule has 0 saturated heterocycles. The van der Waals surface area contributed by atoms with Crippen LogP contribution in [0.15, 0.2) is 237 Å². The molecule has 3 aromatic heterocycles. The maximum atomic E-state index is 5.57. The minimum Gasteiger partial charge on any atom is -0.309 e. The fraction of sp³-hybridized carbons (Fsp3) is 0. The summed E-state index contributed by atoms with van der Waals surface area (Å²) in [5.41, 5.74) is 12.5. The molecule has 15 rings (SSSR count). The van der Waals surface area contributed by atoms with Crippen LogP contribution in [0.4, 0.5) is 0 Å². The summed E-state index contributed by atoms with van der Waals surface area (Å²) in [5.74, 6) is 0. The predicted molar refractivity (Wildman–Crippen MR) is 289 cm³/mol. The van der Waals surface area contributed by atoms with E-state index in [0.717, 1.165) is 55.2 Å². The molecule has 0 fully saturated rings. The molecule has 15 aromatic rings. The fourth-order valence-corrected chi connectivity index (χ4v) is 11.5. The van der Waals surface area contributed by atoms with Crippen molar-refractivity contribution in [3.63, 3.8) is 0 Å². The van der Waals surface area contributed by atoms with Gasteiger partial charge in [0.1, 0.15) is 0 Å². The first kappa shape index (κ1) is 37.2. The monoisotopic (exact) mass is 861 g/mol. The molecule has 0 amide bonds. The second-order valence-corrected chi connectivity index (χ2v) is 18.3. The number of para-hydroxylation sites is 2. The van der Waals surface area contributed by atoms with Gasteiger partial charge in [0.25, 0.3) is 0 Å². The lowest BCUT2D eigenvalue weighted by molar-refractivity contribution is 1.16. The molecule has 0 unspecified atom stereocenters. The topological polar surface area (TPSA) is 22.8 Å². The lowest BCUT2D eigenvalue weighted by Gasteiger charge is -2.21. The minimum atomic E-state index is 0.974. The number of pyridine rings is 1. The van der Waals surface area contributed by atoms with Crippen molar-refractivity contribution < 1.29 is 0 Å². The van der Waals surface area contributed by atoms with E-state index in [1.54, 1.807) is 0 Å². The Balaban J connectivity index is 1.10.